The summed E-state index contributed by atoms with van der Waals surface area (Å²) in [5.41, 5.74) is 0. The summed E-state index contributed by atoms with van der Waals surface area (Å²) < 4.78 is 0. The molecule has 4 unspecified atom stereocenters. The molecule has 2 fully saturated rings. The Labute approximate surface area is 98.0 Å². The maximum atomic E-state index is 8.62. The molecular weight excluding hydrogens is 206 g/mol. The largest absolute Gasteiger partial charge is 0.454 e. The zero-order chi connectivity index (χ0) is 12.3. The van der Waals surface area contributed by atoms with Crippen LogP contribution in [0.25, 0.3) is 0 Å². The van der Waals surface area contributed by atoms with Gasteiger partial charge in [-0.1, -0.05) is 39.5 Å². The van der Waals surface area contributed by atoms with Gasteiger partial charge in [-0.05, 0) is 23.5 Å². The Morgan fingerprint density at radius 3 is 1.06 bits per heavy atom. The van der Waals surface area contributed by atoms with Crippen molar-refractivity contribution >= 4 is 14.2 Å². The molecule has 4 nitrogen and oxygen atoms in total. The lowest BCUT2D eigenvalue weighted by atomic mass is 9.44. The van der Waals surface area contributed by atoms with Crippen molar-refractivity contribution in [2.75, 3.05) is 0 Å². The zero-order valence-electron chi connectivity index (χ0n) is 10.1. The molecular formula is C10H22B2O4. The summed E-state index contributed by atoms with van der Waals surface area (Å²) >= 11 is 0. The van der Waals surface area contributed by atoms with Crippen molar-refractivity contribution in [2.45, 2.75) is 51.2 Å². The molecule has 2 saturated carbocycles. The number of hydrogen-bond acceptors (Lipinski definition) is 4. The third-order valence-electron chi connectivity index (χ3n) is 4.20. The molecule has 6 heteroatoms. The molecule has 16 heavy (non-hydrogen) atoms. The molecule has 0 spiro atoms. The van der Waals surface area contributed by atoms with E-state index in [-0.39, 0.29) is 11.6 Å². The van der Waals surface area contributed by atoms with E-state index in [1.165, 1.54) is 12.8 Å². The molecule has 2 rings (SSSR count). The van der Waals surface area contributed by atoms with Gasteiger partial charge < -0.3 is 20.1 Å². The second-order valence-corrected chi connectivity index (χ2v) is 5.26. The summed E-state index contributed by atoms with van der Waals surface area (Å²) in [4.78, 5) is 0. The highest BCUT2D eigenvalue weighted by atomic mass is 16.4. The normalized spacial score (nSPS) is 36.4. The molecule has 0 aliphatic heterocycles. The molecule has 0 aromatic rings. The summed E-state index contributed by atoms with van der Waals surface area (Å²) in [5.74, 6) is 1.37. The quantitative estimate of drug-likeness (QED) is 0.519. The fourth-order valence-corrected chi connectivity index (χ4v) is 2.13. The van der Waals surface area contributed by atoms with Crippen LogP contribution in [0.2, 0.25) is 11.6 Å². The van der Waals surface area contributed by atoms with Gasteiger partial charge in [0.05, 0.1) is 0 Å². The maximum absolute atomic E-state index is 8.62. The van der Waals surface area contributed by atoms with E-state index in [0.717, 1.165) is 11.8 Å². The first-order chi connectivity index (χ1) is 7.43. The predicted octanol–water partition coefficient (Wildman–Crippen LogP) is 0.519. The van der Waals surface area contributed by atoms with E-state index in [4.69, 9.17) is 20.1 Å². The van der Waals surface area contributed by atoms with Crippen molar-refractivity contribution in [1.82, 2.24) is 0 Å². The Morgan fingerprint density at radius 2 is 1.00 bits per heavy atom. The highest BCUT2D eigenvalue weighted by Gasteiger charge is 2.45. The van der Waals surface area contributed by atoms with Gasteiger partial charge in [0.1, 0.15) is 0 Å². The van der Waals surface area contributed by atoms with Crippen LogP contribution in [0.1, 0.15) is 39.5 Å². The Morgan fingerprint density at radius 1 is 0.688 bits per heavy atom. The van der Waals surface area contributed by atoms with Gasteiger partial charge in [-0.15, -0.1) is 0 Å². The van der Waals surface area contributed by atoms with Gasteiger partial charge in [0.2, 0.25) is 0 Å². The Balaban J connectivity index is 0.000000181. The second-order valence-electron chi connectivity index (χ2n) is 5.26. The second kappa shape index (κ2) is 6.05. The monoisotopic (exact) mass is 228 g/mol. The Bertz CT molecular complexity index is 191. The van der Waals surface area contributed by atoms with E-state index < -0.39 is 14.2 Å². The average Bonchev–Trinajstić information content (AvgIpc) is 2.12. The van der Waals surface area contributed by atoms with Crippen LogP contribution in [0, 0.1) is 11.8 Å². The number of rotatable bonds is 2. The first-order valence-electron chi connectivity index (χ1n) is 6.15. The third kappa shape index (κ3) is 3.48. The molecule has 0 radical (unpaired) electrons. The van der Waals surface area contributed by atoms with Crippen molar-refractivity contribution in [3.63, 3.8) is 0 Å². The fraction of sp³-hybridized carbons (Fsp3) is 1.00. The SMILES string of the molecule is CC1CCC1C.OB(O)C1CCC1B(O)O. The lowest BCUT2D eigenvalue weighted by Gasteiger charge is -2.35. The molecule has 0 amide bonds. The molecule has 2 aliphatic rings. The van der Waals surface area contributed by atoms with E-state index in [2.05, 4.69) is 13.8 Å². The minimum absolute atomic E-state index is 0.347. The molecule has 4 atom stereocenters. The van der Waals surface area contributed by atoms with E-state index in [9.17, 15) is 0 Å². The molecule has 0 bridgehead atoms. The van der Waals surface area contributed by atoms with Gasteiger partial charge in [0.15, 0.2) is 0 Å². The summed E-state index contributed by atoms with van der Waals surface area (Å²) in [5, 5.41) is 34.5. The Hall–Kier alpha value is -0.0301. The van der Waals surface area contributed by atoms with Crippen molar-refractivity contribution in [1.29, 1.82) is 0 Å². The lowest BCUT2D eigenvalue weighted by molar-refractivity contribution is 0.219. The lowest BCUT2D eigenvalue weighted by Crippen LogP contribution is -2.39. The van der Waals surface area contributed by atoms with E-state index >= 15 is 0 Å². The highest BCUT2D eigenvalue weighted by molar-refractivity contribution is 6.51. The Kier molecular flexibility index (Phi) is 5.31. The summed E-state index contributed by atoms with van der Waals surface area (Å²) in [7, 11) is -2.80. The van der Waals surface area contributed by atoms with Crippen LogP contribution in [0.4, 0.5) is 0 Å². The summed E-state index contributed by atoms with van der Waals surface area (Å²) in [6.45, 7) is 4.66. The average molecular weight is 228 g/mol. The van der Waals surface area contributed by atoms with Crippen LogP contribution >= 0.6 is 0 Å². The molecule has 0 aromatic carbocycles. The zero-order valence-corrected chi connectivity index (χ0v) is 10.1. The van der Waals surface area contributed by atoms with Crippen LogP contribution in [0.3, 0.4) is 0 Å². The van der Waals surface area contributed by atoms with Gasteiger partial charge in [-0.3, -0.25) is 0 Å². The molecule has 0 saturated heterocycles. The standard InChI is InChI=1S/C6H12.C4H10B2O4/c1-5-3-4-6(5)2;7-5(8)3-1-2-4(3)6(9)10/h5-6H,3-4H2,1-2H3;3-4,7-10H,1-2H2. The van der Waals surface area contributed by atoms with Crippen LogP contribution in [0.5, 0.6) is 0 Å². The fourth-order valence-electron chi connectivity index (χ4n) is 2.13. The van der Waals surface area contributed by atoms with Crippen LogP contribution in [0.15, 0.2) is 0 Å². The topological polar surface area (TPSA) is 80.9 Å². The van der Waals surface area contributed by atoms with Crippen LogP contribution in [-0.4, -0.2) is 34.3 Å². The molecule has 0 heterocycles. The first-order valence-corrected chi connectivity index (χ1v) is 6.15. The van der Waals surface area contributed by atoms with Crippen molar-refractivity contribution in [2.24, 2.45) is 11.8 Å². The van der Waals surface area contributed by atoms with Gasteiger partial charge in [-0.2, -0.15) is 0 Å². The van der Waals surface area contributed by atoms with E-state index in [1.807, 2.05) is 0 Å². The van der Waals surface area contributed by atoms with Gasteiger partial charge in [-0.25, -0.2) is 0 Å². The van der Waals surface area contributed by atoms with Crippen molar-refractivity contribution < 1.29 is 20.1 Å². The van der Waals surface area contributed by atoms with Crippen LogP contribution in [-0.2, 0) is 0 Å². The third-order valence-corrected chi connectivity index (χ3v) is 4.20. The summed E-state index contributed by atoms with van der Waals surface area (Å²) in [6, 6.07) is 0. The predicted molar refractivity (Wildman–Crippen MR) is 64.7 cm³/mol. The minimum Gasteiger partial charge on any atom is -0.427 e. The molecule has 4 N–H and O–H groups in total. The van der Waals surface area contributed by atoms with E-state index in [0.29, 0.717) is 12.8 Å². The highest BCUT2D eigenvalue weighted by Crippen LogP contribution is 2.46. The molecule has 0 aromatic heterocycles. The first kappa shape index (κ1) is 14.0. The maximum Gasteiger partial charge on any atom is 0.454 e. The summed E-state index contributed by atoms with van der Waals surface area (Å²) in [6.07, 6.45) is 4.28. The number of hydrogen-bond donors (Lipinski definition) is 4. The van der Waals surface area contributed by atoms with Gasteiger partial charge in [0.25, 0.3) is 0 Å². The molecule has 92 valence electrons. The van der Waals surface area contributed by atoms with Gasteiger partial charge in [0, 0.05) is 0 Å². The van der Waals surface area contributed by atoms with Crippen LogP contribution < -0.4 is 0 Å². The van der Waals surface area contributed by atoms with Crippen molar-refractivity contribution in [3.05, 3.63) is 0 Å². The molecule has 2 aliphatic carbocycles. The van der Waals surface area contributed by atoms with Gasteiger partial charge >= 0.3 is 14.2 Å². The smallest absolute Gasteiger partial charge is 0.427 e. The van der Waals surface area contributed by atoms with E-state index in [1.54, 1.807) is 0 Å². The van der Waals surface area contributed by atoms with Crippen molar-refractivity contribution in [3.8, 4) is 0 Å². The minimum atomic E-state index is -1.40.